The molecule has 0 aliphatic carbocycles. The van der Waals surface area contributed by atoms with E-state index in [0.717, 1.165) is 23.1 Å². The van der Waals surface area contributed by atoms with Gasteiger partial charge in [-0.2, -0.15) is 5.26 Å². The van der Waals surface area contributed by atoms with Crippen molar-refractivity contribution in [3.63, 3.8) is 0 Å². The Kier molecular flexibility index (Phi) is 9.68. The number of aromatic nitrogens is 3. The number of fused-ring (bicyclic) bond motifs is 4. The molecule has 218 valence electrons. The predicted octanol–water partition coefficient (Wildman–Crippen LogP) is 6.57. The van der Waals surface area contributed by atoms with E-state index >= 15 is 4.39 Å². The Morgan fingerprint density at radius 3 is 2.49 bits per heavy atom. The molecule has 0 spiro atoms. The number of thiophene rings is 1. The maximum absolute atomic E-state index is 16.3. The van der Waals surface area contributed by atoms with Gasteiger partial charge in [0.2, 0.25) is 5.95 Å². The molecule has 41 heavy (non-hydrogen) atoms. The number of nitrogen functional groups attached to an aromatic ring is 1. The van der Waals surface area contributed by atoms with Crippen molar-refractivity contribution < 1.29 is 18.6 Å². The van der Waals surface area contributed by atoms with E-state index in [9.17, 15) is 14.8 Å². The van der Waals surface area contributed by atoms with Crippen LogP contribution in [0.3, 0.4) is 0 Å². The fraction of sp³-hybridized carbons (Fsp3) is 0.467. The molecule has 0 saturated carbocycles. The average Bonchev–Trinajstić information content (AvgIpc) is 3.72. The van der Waals surface area contributed by atoms with E-state index in [1.165, 1.54) is 12.8 Å². The van der Waals surface area contributed by atoms with Crippen molar-refractivity contribution in [1.82, 2.24) is 15.0 Å². The third-order valence-corrected chi connectivity index (χ3v) is 8.54. The molecule has 0 radical (unpaired) electrons. The number of unbranched alkanes of at least 4 members (excludes halogenated alkanes) is 1. The first kappa shape index (κ1) is 30.5. The lowest BCUT2D eigenvalue weighted by Crippen LogP contribution is -2.23. The van der Waals surface area contributed by atoms with E-state index in [-0.39, 0.29) is 69.1 Å². The van der Waals surface area contributed by atoms with E-state index in [1.54, 1.807) is 6.20 Å². The van der Waals surface area contributed by atoms with Crippen LogP contribution in [0.15, 0.2) is 12.4 Å². The number of pyridine rings is 1. The molecule has 0 amide bonds. The minimum atomic E-state index is -0.632. The molecule has 11 heteroatoms. The van der Waals surface area contributed by atoms with Gasteiger partial charge in [0, 0.05) is 48.1 Å². The van der Waals surface area contributed by atoms with Crippen LogP contribution in [0.2, 0.25) is 0 Å². The summed E-state index contributed by atoms with van der Waals surface area (Å²) in [6.07, 6.45) is 5.26. The number of benzene rings is 1. The first-order chi connectivity index (χ1) is 19.8. The van der Waals surface area contributed by atoms with Gasteiger partial charge in [-0.3, -0.25) is 4.98 Å². The monoisotopic (exact) mass is 582 g/mol. The van der Waals surface area contributed by atoms with Gasteiger partial charge in [0.05, 0.1) is 35.4 Å². The second-order valence-electron chi connectivity index (χ2n) is 10.0. The summed E-state index contributed by atoms with van der Waals surface area (Å²) >= 11 is 0.937. The van der Waals surface area contributed by atoms with E-state index < -0.39 is 11.6 Å². The number of hydrogen-bond acceptors (Lipinski definition) is 9. The summed E-state index contributed by atoms with van der Waals surface area (Å²) in [5, 5.41) is 20.2. The highest BCUT2D eigenvalue weighted by Gasteiger charge is 2.33. The zero-order chi connectivity index (χ0) is 29.8. The van der Waals surface area contributed by atoms with Crippen LogP contribution in [0.25, 0.3) is 32.2 Å². The molecular formula is C30H36F2N6O2S. The molecular weight excluding hydrogens is 546 g/mol. The van der Waals surface area contributed by atoms with Gasteiger partial charge in [-0.1, -0.05) is 47.5 Å². The highest BCUT2D eigenvalue weighted by Crippen LogP contribution is 2.45. The second-order valence-corrected chi connectivity index (χ2v) is 11.1. The Morgan fingerprint density at radius 2 is 1.85 bits per heavy atom. The quantitative estimate of drug-likeness (QED) is 0.277. The maximum Gasteiger partial charge on any atom is 0.225 e. The fourth-order valence-corrected chi connectivity index (χ4v) is 6.05. The van der Waals surface area contributed by atoms with Crippen molar-refractivity contribution in [2.24, 2.45) is 11.8 Å². The van der Waals surface area contributed by atoms with Crippen LogP contribution < -0.4 is 10.6 Å². The van der Waals surface area contributed by atoms with Crippen LogP contribution in [-0.2, 0) is 18.0 Å². The number of hydrogen-bond donors (Lipinski definition) is 2. The van der Waals surface area contributed by atoms with Crippen LogP contribution in [0.4, 0.5) is 19.7 Å². The molecule has 2 aliphatic heterocycles. The Hall–Kier alpha value is -3.46. The minimum Gasteiger partial charge on any atom is -0.396 e. The maximum atomic E-state index is 16.3. The van der Waals surface area contributed by atoms with Gasteiger partial charge in [0.1, 0.15) is 16.6 Å². The van der Waals surface area contributed by atoms with Crippen molar-refractivity contribution in [2.75, 3.05) is 30.3 Å². The van der Waals surface area contributed by atoms with Crippen molar-refractivity contribution in [3.8, 4) is 17.3 Å². The molecule has 3 N–H and O–H groups in total. The van der Waals surface area contributed by atoms with Crippen molar-refractivity contribution in [3.05, 3.63) is 40.7 Å². The van der Waals surface area contributed by atoms with E-state index in [1.807, 2.05) is 24.8 Å². The largest absolute Gasteiger partial charge is 0.396 e. The van der Waals surface area contributed by atoms with Gasteiger partial charge in [-0.25, -0.2) is 18.7 Å². The van der Waals surface area contributed by atoms with Gasteiger partial charge in [0.15, 0.2) is 11.6 Å². The summed E-state index contributed by atoms with van der Waals surface area (Å²) in [6.45, 7) is 12.1. The third kappa shape index (κ3) is 5.44. The molecule has 0 bridgehead atoms. The third-order valence-electron chi connectivity index (χ3n) is 7.52. The molecule has 8 nitrogen and oxygen atoms in total. The molecule has 1 aromatic carbocycles. The van der Waals surface area contributed by atoms with E-state index in [0.29, 0.717) is 30.0 Å². The lowest BCUT2D eigenvalue weighted by Gasteiger charge is -2.18. The number of rotatable bonds is 4. The van der Waals surface area contributed by atoms with Gasteiger partial charge in [0.25, 0.3) is 0 Å². The highest BCUT2D eigenvalue weighted by atomic mass is 32.1. The molecule has 1 fully saturated rings. The molecule has 4 aromatic rings. The zero-order valence-electron chi connectivity index (χ0n) is 24.1. The highest BCUT2D eigenvalue weighted by molar-refractivity contribution is 7.23. The SMILES string of the molecule is CC.CC1CN(c2ncc3c4c(c(-c5ncc(F)c6sc(N)c(C#N)c56)c(F)c3n2)COC4)CC1CO.CCCC. The van der Waals surface area contributed by atoms with Crippen LogP contribution in [0.1, 0.15) is 64.2 Å². The molecule has 1 saturated heterocycles. The van der Waals surface area contributed by atoms with Crippen molar-refractivity contribution in [2.45, 2.75) is 60.7 Å². The lowest BCUT2D eigenvalue weighted by atomic mass is 9.94. The number of nitrogens with zero attached hydrogens (tertiary/aromatic N) is 5. The Bertz CT molecular complexity index is 1600. The topological polar surface area (TPSA) is 121 Å². The van der Waals surface area contributed by atoms with Crippen molar-refractivity contribution >= 4 is 43.3 Å². The normalized spacial score (nSPS) is 17.6. The molecule has 2 aliphatic rings. The molecule has 2 unspecified atom stereocenters. The van der Waals surface area contributed by atoms with Gasteiger partial charge in [-0.05, 0) is 17.0 Å². The number of halogens is 2. The summed E-state index contributed by atoms with van der Waals surface area (Å²) in [4.78, 5) is 15.2. The smallest absolute Gasteiger partial charge is 0.225 e. The molecule has 2 atom stereocenters. The summed E-state index contributed by atoms with van der Waals surface area (Å²) in [6, 6.07) is 2.01. The van der Waals surface area contributed by atoms with Crippen LogP contribution in [0, 0.1) is 34.8 Å². The number of aliphatic hydroxyl groups is 1. The summed E-state index contributed by atoms with van der Waals surface area (Å²) in [5.74, 6) is -0.541. The minimum absolute atomic E-state index is 0.0613. The average molecular weight is 583 g/mol. The summed E-state index contributed by atoms with van der Waals surface area (Å²) in [5.41, 5.74) is 7.76. The lowest BCUT2D eigenvalue weighted by molar-refractivity contribution is 0.135. The molecule has 5 heterocycles. The van der Waals surface area contributed by atoms with Gasteiger partial charge < -0.3 is 20.5 Å². The van der Waals surface area contributed by atoms with Crippen molar-refractivity contribution in [1.29, 1.82) is 5.26 Å². The Labute approximate surface area is 242 Å². The van der Waals surface area contributed by atoms with Gasteiger partial charge in [-0.15, -0.1) is 11.3 Å². The van der Waals surface area contributed by atoms with E-state index in [2.05, 4.69) is 35.7 Å². The first-order valence-electron chi connectivity index (χ1n) is 14.0. The number of nitriles is 1. The number of ether oxygens (including phenoxy) is 1. The number of anilines is 2. The predicted molar refractivity (Wildman–Crippen MR) is 160 cm³/mol. The first-order valence-corrected chi connectivity index (χ1v) is 14.9. The summed E-state index contributed by atoms with van der Waals surface area (Å²) in [7, 11) is 0. The van der Waals surface area contributed by atoms with Crippen LogP contribution in [0.5, 0.6) is 0 Å². The van der Waals surface area contributed by atoms with Crippen LogP contribution >= 0.6 is 11.3 Å². The Balaban J connectivity index is 0.000000596. The summed E-state index contributed by atoms with van der Waals surface area (Å²) < 4.78 is 36.7. The van der Waals surface area contributed by atoms with E-state index in [4.69, 9.17) is 10.5 Å². The standard InChI is InChI=1S/C24H20F2N6O2S.C4H10.C2H6/c1-10-5-32(6-11(10)7-33)24-30-3-13-14-8-34-9-15(14)17(19(26)20(13)31-24)21-18-12(2-27)23(28)35-22(18)16(25)4-29-21;1-3-4-2;1-2/h3-4,10-11,33H,5-9,28H2,1H3;3-4H2,1-2H3;1-2H3. The number of aliphatic hydroxyl groups excluding tert-OH is 1. The fourth-order valence-electron chi connectivity index (χ4n) is 5.13. The van der Waals surface area contributed by atoms with Crippen LogP contribution in [-0.4, -0.2) is 39.8 Å². The second kappa shape index (κ2) is 13.0. The Morgan fingerprint density at radius 1 is 1.15 bits per heavy atom. The molecule has 3 aromatic heterocycles. The number of nitrogens with two attached hydrogens (primary N) is 1. The zero-order valence-corrected chi connectivity index (χ0v) is 24.9. The molecule has 6 rings (SSSR count). The van der Waals surface area contributed by atoms with Gasteiger partial charge >= 0.3 is 0 Å².